The van der Waals surface area contributed by atoms with Crippen molar-refractivity contribution in [2.75, 3.05) is 5.32 Å². The number of anilines is 2. The number of halogens is 2. The maximum Gasteiger partial charge on any atom is 0.337 e. The fourth-order valence-electron chi connectivity index (χ4n) is 3.28. The molecule has 0 aliphatic rings. The number of carbonyl (C=O) groups is 1. The zero-order chi connectivity index (χ0) is 21.8. The lowest BCUT2D eigenvalue weighted by atomic mass is 10.0. The van der Waals surface area contributed by atoms with Crippen LogP contribution in [0, 0.1) is 0 Å². The van der Waals surface area contributed by atoms with Crippen LogP contribution in [-0.4, -0.2) is 20.6 Å². The van der Waals surface area contributed by atoms with Crippen molar-refractivity contribution in [3.63, 3.8) is 0 Å². The van der Waals surface area contributed by atoms with Crippen LogP contribution in [0.1, 0.15) is 21.5 Å². The summed E-state index contributed by atoms with van der Waals surface area (Å²) in [5, 5.41) is 14.0. The molecule has 1 aromatic heterocycles. The van der Waals surface area contributed by atoms with E-state index in [4.69, 9.17) is 23.2 Å². The molecular formula is C24H19Cl2N3O2. The van der Waals surface area contributed by atoms with Crippen molar-refractivity contribution in [2.24, 2.45) is 0 Å². The highest BCUT2D eigenvalue weighted by atomic mass is 35.5. The minimum Gasteiger partial charge on any atom is -0.478 e. The topological polar surface area (TPSA) is 67.1 Å². The summed E-state index contributed by atoms with van der Waals surface area (Å²) in [5.74, 6) is -0.997. The lowest BCUT2D eigenvalue weighted by Crippen LogP contribution is -2.04. The molecule has 0 amide bonds. The van der Waals surface area contributed by atoms with Gasteiger partial charge in [-0.25, -0.2) is 9.78 Å². The minimum atomic E-state index is -0.997. The molecule has 0 radical (unpaired) electrons. The van der Waals surface area contributed by atoms with Gasteiger partial charge in [-0.1, -0.05) is 41.4 Å². The molecule has 4 rings (SSSR count). The van der Waals surface area contributed by atoms with Gasteiger partial charge in [-0.05, 0) is 66.4 Å². The monoisotopic (exact) mass is 451 g/mol. The van der Waals surface area contributed by atoms with E-state index >= 15 is 0 Å². The fourth-order valence-corrected chi connectivity index (χ4v) is 3.61. The molecule has 3 aromatic carbocycles. The van der Waals surface area contributed by atoms with Gasteiger partial charge in [0.15, 0.2) is 0 Å². The van der Waals surface area contributed by atoms with Crippen LogP contribution in [0.2, 0.25) is 10.0 Å². The number of hydrogen-bond acceptors (Lipinski definition) is 3. The molecule has 0 aliphatic heterocycles. The lowest BCUT2D eigenvalue weighted by molar-refractivity contribution is 0.0698. The van der Waals surface area contributed by atoms with Crippen molar-refractivity contribution in [1.29, 1.82) is 0 Å². The third-order valence-electron chi connectivity index (χ3n) is 4.96. The van der Waals surface area contributed by atoms with Crippen LogP contribution in [0.25, 0.3) is 5.69 Å². The second kappa shape index (κ2) is 9.25. The molecule has 0 aliphatic carbocycles. The van der Waals surface area contributed by atoms with Gasteiger partial charge >= 0.3 is 5.97 Å². The molecule has 4 aromatic rings. The first-order chi connectivity index (χ1) is 15.0. The Morgan fingerprint density at radius 1 is 0.935 bits per heavy atom. The highest BCUT2D eigenvalue weighted by Crippen LogP contribution is 2.26. The van der Waals surface area contributed by atoms with Crippen LogP contribution in [0.4, 0.5) is 11.4 Å². The number of aromatic carboxylic acids is 1. The first-order valence-electron chi connectivity index (χ1n) is 9.65. The second-order valence-corrected chi connectivity index (χ2v) is 7.89. The molecular weight excluding hydrogens is 433 g/mol. The molecule has 7 heteroatoms. The predicted octanol–water partition coefficient (Wildman–Crippen LogP) is 6.41. The smallest absolute Gasteiger partial charge is 0.337 e. The van der Waals surface area contributed by atoms with Gasteiger partial charge in [0.25, 0.3) is 0 Å². The summed E-state index contributed by atoms with van der Waals surface area (Å²) in [6, 6.07) is 18.9. The molecule has 0 saturated carbocycles. The summed E-state index contributed by atoms with van der Waals surface area (Å²) < 4.78 is 1.76. The van der Waals surface area contributed by atoms with Crippen molar-refractivity contribution in [3.05, 3.63) is 106 Å². The summed E-state index contributed by atoms with van der Waals surface area (Å²) in [4.78, 5) is 15.8. The Morgan fingerprint density at radius 2 is 1.68 bits per heavy atom. The highest BCUT2D eigenvalue weighted by Gasteiger charge is 2.12. The van der Waals surface area contributed by atoms with Gasteiger partial charge in [0, 0.05) is 23.8 Å². The quantitative estimate of drug-likeness (QED) is 0.340. The van der Waals surface area contributed by atoms with E-state index in [0.717, 1.165) is 29.8 Å². The number of nitrogens with zero attached hydrogens (tertiary/aromatic N) is 2. The van der Waals surface area contributed by atoms with E-state index in [0.29, 0.717) is 15.7 Å². The maximum atomic E-state index is 11.8. The number of carboxylic acids is 1. The number of imidazole rings is 1. The normalized spacial score (nSPS) is 10.8. The van der Waals surface area contributed by atoms with Crippen molar-refractivity contribution in [2.45, 2.75) is 12.8 Å². The second-order valence-electron chi connectivity index (χ2n) is 7.08. The van der Waals surface area contributed by atoms with Gasteiger partial charge in [0.2, 0.25) is 0 Å². The zero-order valence-corrected chi connectivity index (χ0v) is 17.9. The summed E-state index contributed by atoms with van der Waals surface area (Å²) in [7, 11) is 0. The van der Waals surface area contributed by atoms with E-state index in [1.165, 1.54) is 5.56 Å². The van der Waals surface area contributed by atoms with Gasteiger partial charge in [0.05, 0.1) is 27.6 Å². The number of carboxylic acid groups (broad SMARTS) is 1. The number of rotatable bonds is 7. The zero-order valence-electron chi connectivity index (χ0n) is 16.4. The van der Waals surface area contributed by atoms with Crippen LogP contribution in [-0.2, 0) is 12.8 Å². The van der Waals surface area contributed by atoms with E-state index in [1.807, 2.05) is 48.5 Å². The van der Waals surface area contributed by atoms with Crippen LogP contribution in [0.5, 0.6) is 0 Å². The standard InChI is InChI=1S/C24H19Cl2N3O2/c25-21-9-5-17(13-22(21)26)2-1-16-3-6-18(7-4-16)28-23-10-8-19(14-20(23)24(30)31)29-12-11-27-15-29/h3-15,28H,1-2H2,(H,30,31). The molecule has 31 heavy (non-hydrogen) atoms. The van der Waals surface area contributed by atoms with Gasteiger partial charge in [0.1, 0.15) is 0 Å². The van der Waals surface area contributed by atoms with E-state index in [2.05, 4.69) is 10.3 Å². The molecule has 156 valence electrons. The molecule has 0 saturated heterocycles. The summed E-state index contributed by atoms with van der Waals surface area (Å²) in [6.07, 6.45) is 6.76. The molecule has 0 fully saturated rings. The Morgan fingerprint density at radius 3 is 2.35 bits per heavy atom. The van der Waals surface area contributed by atoms with Gasteiger partial charge in [-0.15, -0.1) is 0 Å². The average molecular weight is 452 g/mol. The molecule has 2 N–H and O–H groups in total. The van der Waals surface area contributed by atoms with Crippen LogP contribution >= 0.6 is 23.2 Å². The maximum absolute atomic E-state index is 11.8. The third-order valence-corrected chi connectivity index (χ3v) is 5.69. The van der Waals surface area contributed by atoms with Gasteiger partial charge < -0.3 is 15.0 Å². The summed E-state index contributed by atoms with van der Waals surface area (Å²) in [6.45, 7) is 0. The molecule has 5 nitrogen and oxygen atoms in total. The predicted molar refractivity (Wildman–Crippen MR) is 124 cm³/mol. The Balaban J connectivity index is 1.46. The van der Waals surface area contributed by atoms with Crippen LogP contribution in [0.15, 0.2) is 79.4 Å². The van der Waals surface area contributed by atoms with Crippen molar-refractivity contribution < 1.29 is 9.90 Å². The van der Waals surface area contributed by atoms with E-state index in [1.54, 1.807) is 35.4 Å². The van der Waals surface area contributed by atoms with Gasteiger partial charge in [-0.3, -0.25) is 0 Å². The molecule has 0 unspecified atom stereocenters. The number of aryl methyl sites for hydroxylation is 2. The first kappa shape index (κ1) is 21.0. The van der Waals surface area contributed by atoms with Crippen molar-refractivity contribution >= 4 is 40.5 Å². The number of nitrogens with one attached hydrogen (secondary N) is 1. The number of aromatic nitrogens is 2. The Kier molecular flexibility index (Phi) is 6.26. The summed E-state index contributed by atoms with van der Waals surface area (Å²) in [5.41, 5.74) is 4.57. The van der Waals surface area contributed by atoms with Crippen molar-refractivity contribution in [3.8, 4) is 5.69 Å². The first-order valence-corrected chi connectivity index (χ1v) is 10.4. The summed E-state index contributed by atoms with van der Waals surface area (Å²) >= 11 is 12.0. The largest absolute Gasteiger partial charge is 0.478 e. The van der Waals surface area contributed by atoms with E-state index in [9.17, 15) is 9.90 Å². The number of benzene rings is 3. The van der Waals surface area contributed by atoms with E-state index in [-0.39, 0.29) is 5.56 Å². The molecule has 0 spiro atoms. The Hall–Kier alpha value is -3.28. The van der Waals surface area contributed by atoms with Crippen LogP contribution in [0.3, 0.4) is 0 Å². The highest BCUT2D eigenvalue weighted by molar-refractivity contribution is 6.42. The molecule has 1 heterocycles. The average Bonchev–Trinajstić information content (AvgIpc) is 3.31. The van der Waals surface area contributed by atoms with Gasteiger partial charge in [-0.2, -0.15) is 0 Å². The minimum absolute atomic E-state index is 0.190. The molecule has 0 atom stereocenters. The number of hydrogen-bond donors (Lipinski definition) is 2. The lowest BCUT2D eigenvalue weighted by Gasteiger charge is -2.12. The third kappa shape index (κ3) is 5.08. The molecule has 0 bridgehead atoms. The fraction of sp³-hybridized carbons (Fsp3) is 0.0833. The van der Waals surface area contributed by atoms with E-state index < -0.39 is 5.97 Å². The van der Waals surface area contributed by atoms with Crippen LogP contribution < -0.4 is 5.32 Å². The van der Waals surface area contributed by atoms with Crippen molar-refractivity contribution in [1.82, 2.24) is 9.55 Å². The SMILES string of the molecule is O=C(O)c1cc(-n2ccnc2)ccc1Nc1ccc(CCc2ccc(Cl)c(Cl)c2)cc1. The Labute approximate surface area is 189 Å². The Bertz CT molecular complexity index is 1210.